The minimum atomic E-state index is -0.198. The highest BCUT2D eigenvalue weighted by Gasteiger charge is 1.99. The Bertz CT molecular complexity index is 223. The number of hydrogen-bond donors (Lipinski definition) is 0. The summed E-state index contributed by atoms with van der Waals surface area (Å²) in [5.74, 6) is 0. The van der Waals surface area contributed by atoms with Crippen LogP contribution in [-0.2, 0) is 18.1 Å². The maximum absolute atomic E-state index is 10.6. The van der Waals surface area contributed by atoms with Crippen molar-refractivity contribution >= 4 is 0 Å². The number of pyridine rings is 1. The van der Waals surface area contributed by atoms with E-state index in [9.17, 15) is 5.11 Å². The molecular weight excluding hydrogens is 138 g/mol. The van der Waals surface area contributed by atoms with Gasteiger partial charge in [0.2, 0.25) is 0 Å². The summed E-state index contributed by atoms with van der Waals surface area (Å²) in [5.41, 5.74) is 1.80. The summed E-state index contributed by atoms with van der Waals surface area (Å²) in [6.07, 6.45) is 3.70. The number of nitrogens with zero attached hydrogens (tertiary/aromatic N) is 1. The lowest BCUT2D eigenvalue weighted by Crippen LogP contribution is -1.95. The lowest BCUT2D eigenvalue weighted by molar-refractivity contribution is 0.173. The van der Waals surface area contributed by atoms with Gasteiger partial charge in [0.15, 0.2) is 0 Å². The molecule has 0 aliphatic heterocycles. The van der Waals surface area contributed by atoms with Crippen LogP contribution < -0.4 is 0 Å². The SMILES string of the molecule is CCCc1cccnc1C[O]. The van der Waals surface area contributed by atoms with Crippen LogP contribution in [0.2, 0.25) is 0 Å². The number of rotatable bonds is 3. The molecular formula is C9H12NO. The molecule has 0 aromatic carbocycles. The normalized spacial score (nSPS) is 10.0. The molecule has 1 aromatic rings. The molecule has 1 radical (unpaired) electrons. The van der Waals surface area contributed by atoms with Crippen molar-refractivity contribution in [1.82, 2.24) is 4.98 Å². The van der Waals surface area contributed by atoms with E-state index in [4.69, 9.17) is 0 Å². The lowest BCUT2D eigenvalue weighted by atomic mass is 10.1. The summed E-state index contributed by atoms with van der Waals surface area (Å²) >= 11 is 0. The van der Waals surface area contributed by atoms with E-state index in [0.717, 1.165) is 18.4 Å². The molecule has 1 heterocycles. The van der Waals surface area contributed by atoms with Crippen molar-refractivity contribution in [3.8, 4) is 0 Å². The zero-order chi connectivity index (χ0) is 8.10. The van der Waals surface area contributed by atoms with Gasteiger partial charge in [-0.15, -0.1) is 0 Å². The van der Waals surface area contributed by atoms with Gasteiger partial charge in [0.05, 0.1) is 5.69 Å². The molecule has 0 aliphatic carbocycles. The minimum Gasteiger partial charge on any atom is -0.258 e. The first-order chi connectivity index (χ1) is 5.38. The predicted octanol–water partition coefficient (Wildman–Crippen LogP) is 1.96. The van der Waals surface area contributed by atoms with Gasteiger partial charge in [-0.05, 0) is 18.1 Å². The topological polar surface area (TPSA) is 32.8 Å². The first kappa shape index (κ1) is 8.21. The zero-order valence-electron chi connectivity index (χ0n) is 6.71. The van der Waals surface area contributed by atoms with Crippen LogP contribution in [0.1, 0.15) is 24.6 Å². The Labute approximate surface area is 66.9 Å². The summed E-state index contributed by atoms with van der Waals surface area (Å²) in [6.45, 7) is 1.90. The van der Waals surface area contributed by atoms with Crippen molar-refractivity contribution in [2.45, 2.75) is 26.4 Å². The lowest BCUT2D eigenvalue weighted by Gasteiger charge is -2.01. The monoisotopic (exact) mass is 150 g/mol. The molecule has 1 rings (SSSR count). The Morgan fingerprint density at radius 1 is 1.55 bits per heavy atom. The molecule has 0 aliphatic rings. The second kappa shape index (κ2) is 4.09. The Morgan fingerprint density at radius 2 is 2.36 bits per heavy atom. The molecule has 2 heteroatoms. The summed E-state index contributed by atoms with van der Waals surface area (Å²) in [5, 5.41) is 10.6. The second-order valence-electron chi connectivity index (χ2n) is 2.50. The van der Waals surface area contributed by atoms with E-state index in [1.165, 1.54) is 0 Å². The summed E-state index contributed by atoms with van der Waals surface area (Å²) < 4.78 is 0. The van der Waals surface area contributed by atoms with Crippen molar-refractivity contribution in [1.29, 1.82) is 0 Å². The van der Waals surface area contributed by atoms with Crippen LogP contribution in [0.3, 0.4) is 0 Å². The van der Waals surface area contributed by atoms with Gasteiger partial charge in [0, 0.05) is 6.20 Å². The summed E-state index contributed by atoms with van der Waals surface area (Å²) in [7, 11) is 0. The van der Waals surface area contributed by atoms with E-state index >= 15 is 0 Å². The van der Waals surface area contributed by atoms with Gasteiger partial charge < -0.3 is 0 Å². The third kappa shape index (κ3) is 2.02. The van der Waals surface area contributed by atoms with E-state index in [2.05, 4.69) is 11.9 Å². The minimum absolute atomic E-state index is 0.198. The largest absolute Gasteiger partial charge is 0.258 e. The third-order valence-electron chi connectivity index (χ3n) is 1.64. The zero-order valence-corrected chi connectivity index (χ0v) is 6.71. The van der Waals surface area contributed by atoms with Gasteiger partial charge in [0.1, 0.15) is 6.61 Å². The molecule has 0 saturated carbocycles. The highest BCUT2D eigenvalue weighted by Crippen LogP contribution is 2.07. The number of aromatic nitrogens is 1. The molecule has 0 atom stereocenters. The molecule has 0 saturated heterocycles. The molecule has 0 fully saturated rings. The molecule has 2 nitrogen and oxygen atoms in total. The van der Waals surface area contributed by atoms with Crippen molar-refractivity contribution in [3.63, 3.8) is 0 Å². The molecule has 1 aromatic heterocycles. The molecule has 59 valence electrons. The standard InChI is InChI=1S/C9H12NO/c1-2-4-8-5-3-6-10-9(8)7-11/h3,5-6H,2,4,7H2,1H3. The molecule has 0 unspecified atom stereocenters. The highest BCUT2D eigenvalue weighted by atomic mass is 16.3. The van der Waals surface area contributed by atoms with Crippen molar-refractivity contribution in [2.75, 3.05) is 0 Å². The first-order valence-electron chi connectivity index (χ1n) is 3.89. The second-order valence-corrected chi connectivity index (χ2v) is 2.50. The fraction of sp³-hybridized carbons (Fsp3) is 0.444. The van der Waals surface area contributed by atoms with Gasteiger partial charge in [-0.2, -0.15) is 0 Å². The first-order valence-corrected chi connectivity index (χ1v) is 3.89. The van der Waals surface area contributed by atoms with E-state index in [0.29, 0.717) is 5.69 Å². The predicted molar refractivity (Wildman–Crippen MR) is 42.6 cm³/mol. The maximum atomic E-state index is 10.6. The third-order valence-corrected chi connectivity index (χ3v) is 1.64. The van der Waals surface area contributed by atoms with Crippen molar-refractivity contribution in [3.05, 3.63) is 29.6 Å². The Morgan fingerprint density at radius 3 is 3.00 bits per heavy atom. The van der Waals surface area contributed by atoms with Crippen LogP contribution >= 0.6 is 0 Å². The van der Waals surface area contributed by atoms with E-state index < -0.39 is 0 Å². The molecule has 0 N–H and O–H groups in total. The molecule has 0 bridgehead atoms. The molecule has 11 heavy (non-hydrogen) atoms. The van der Waals surface area contributed by atoms with Crippen molar-refractivity contribution < 1.29 is 5.11 Å². The smallest absolute Gasteiger partial charge is 0.125 e. The van der Waals surface area contributed by atoms with Gasteiger partial charge >= 0.3 is 0 Å². The Hall–Kier alpha value is -0.890. The summed E-state index contributed by atoms with van der Waals surface area (Å²) in [4.78, 5) is 4.00. The van der Waals surface area contributed by atoms with Crippen LogP contribution in [0.15, 0.2) is 18.3 Å². The maximum Gasteiger partial charge on any atom is 0.125 e. The number of hydrogen-bond acceptors (Lipinski definition) is 1. The van der Waals surface area contributed by atoms with E-state index in [1.807, 2.05) is 12.1 Å². The Balaban J connectivity index is 2.83. The quantitative estimate of drug-likeness (QED) is 0.648. The van der Waals surface area contributed by atoms with Crippen LogP contribution in [-0.4, -0.2) is 4.98 Å². The summed E-state index contributed by atoms with van der Waals surface area (Å²) in [6, 6.07) is 3.86. The van der Waals surface area contributed by atoms with E-state index in [1.54, 1.807) is 6.20 Å². The molecule has 0 spiro atoms. The average molecular weight is 150 g/mol. The fourth-order valence-corrected chi connectivity index (χ4v) is 1.10. The fourth-order valence-electron chi connectivity index (χ4n) is 1.10. The number of aryl methyl sites for hydroxylation is 1. The van der Waals surface area contributed by atoms with E-state index in [-0.39, 0.29) is 6.61 Å². The van der Waals surface area contributed by atoms with Gasteiger partial charge in [0.25, 0.3) is 0 Å². The van der Waals surface area contributed by atoms with Crippen LogP contribution in [0.25, 0.3) is 0 Å². The van der Waals surface area contributed by atoms with Gasteiger partial charge in [-0.1, -0.05) is 19.4 Å². The van der Waals surface area contributed by atoms with Crippen LogP contribution in [0, 0.1) is 0 Å². The highest BCUT2D eigenvalue weighted by molar-refractivity contribution is 5.18. The Kier molecular flexibility index (Phi) is 3.05. The van der Waals surface area contributed by atoms with Crippen molar-refractivity contribution in [2.24, 2.45) is 0 Å². The van der Waals surface area contributed by atoms with Crippen LogP contribution in [0.5, 0.6) is 0 Å². The average Bonchev–Trinajstić information content (AvgIpc) is 2.06. The molecule has 0 amide bonds. The van der Waals surface area contributed by atoms with Crippen LogP contribution in [0.4, 0.5) is 0 Å². The van der Waals surface area contributed by atoms with Gasteiger partial charge in [-0.25, -0.2) is 5.11 Å². The van der Waals surface area contributed by atoms with Gasteiger partial charge in [-0.3, -0.25) is 4.98 Å².